The van der Waals surface area contributed by atoms with Crippen LogP contribution < -0.4 is 5.06 Å². The topological polar surface area (TPSA) is 57.6 Å². The van der Waals surface area contributed by atoms with E-state index in [1.54, 1.807) is 19.1 Å². The molecule has 0 aliphatic rings. The van der Waals surface area contributed by atoms with Crippen LogP contribution in [0.25, 0.3) is 0 Å². The van der Waals surface area contributed by atoms with Gasteiger partial charge in [-0.3, -0.25) is 10.3 Å². The zero-order chi connectivity index (χ0) is 12.2. The molecule has 4 nitrogen and oxygen atoms in total. The molecule has 5 heteroatoms. The highest BCUT2D eigenvalue weighted by atomic mass is 32.2. The number of hydrogen-bond acceptors (Lipinski definition) is 4. The van der Waals surface area contributed by atoms with Crippen LogP contribution in [0.15, 0.2) is 24.3 Å². The lowest BCUT2D eigenvalue weighted by Crippen LogP contribution is -2.26. The maximum Gasteiger partial charge on any atom is 0.151 e. The molecule has 0 unspecified atom stereocenters. The monoisotopic (exact) mass is 243 g/mol. The molecule has 1 rings (SSSR count). The second kappa shape index (κ2) is 5.32. The van der Waals surface area contributed by atoms with Crippen molar-refractivity contribution in [3.63, 3.8) is 0 Å². The third-order valence-corrected chi connectivity index (χ3v) is 4.07. The lowest BCUT2D eigenvalue weighted by molar-refractivity contribution is 0.260. The van der Waals surface area contributed by atoms with Gasteiger partial charge in [0.1, 0.15) is 0 Å². The molecule has 0 saturated carbocycles. The Balaban J connectivity index is 2.59. The van der Waals surface area contributed by atoms with E-state index in [0.29, 0.717) is 5.69 Å². The van der Waals surface area contributed by atoms with Gasteiger partial charge in [-0.2, -0.15) is 0 Å². The number of hydroxylamine groups is 1. The average molecular weight is 243 g/mol. The highest BCUT2D eigenvalue weighted by molar-refractivity contribution is 7.91. The van der Waals surface area contributed by atoms with Gasteiger partial charge >= 0.3 is 0 Å². The number of hydrogen-bond donors (Lipinski definition) is 1. The van der Waals surface area contributed by atoms with Gasteiger partial charge in [0.15, 0.2) is 9.84 Å². The van der Waals surface area contributed by atoms with Crippen LogP contribution in [-0.4, -0.2) is 31.7 Å². The minimum atomic E-state index is -3.03. The molecular formula is C11H17NO3S. The smallest absolute Gasteiger partial charge is 0.151 e. The molecule has 0 amide bonds. The molecule has 1 aromatic carbocycles. The van der Waals surface area contributed by atoms with Gasteiger partial charge in [0.2, 0.25) is 0 Å². The fourth-order valence-electron chi connectivity index (χ4n) is 1.22. The van der Waals surface area contributed by atoms with E-state index in [4.69, 9.17) is 0 Å². The molecule has 0 aromatic heterocycles. The van der Waals surface area contributed by atoms with Gasteiger partial charge in [-0.25, -0.2) is 8.42 Å². The summed E-state index contributed by atoms with van der Waals surface area (Å²) in [6.07, 6.45) is 0. The Morgan fingerprint density at radius 1 is 1.25 bits per heavy atom. The predicted octanol–water partition coefficient (Wildman–Crippen LogP) is 1.63. The molecule has 90 valence electrons. The van der Waals surface area contributed by atoms with E-state index in [9.17, 15) is 13.6 Å². The number of benzene rings is 1. The normalized spacial score (nSPS) is 11.4. The molecule has 0 spiro atoms. The first kappa shape index (κ1) is 13.0. The van der Waals surface area contributed by atoms with E-state index < -0.39 is 9.84 Å². The second-order valence-corrected chi connectivity index (χ2v) is 6.17. The molecule has 0 aliphatic heterocycles. The van der Waals surface area contributed by atoms with Crippen molar-refractivity contribution in [3.8, 4) is 0 Å². The molecule has 0 atom stereocenters. The maximum atomic E-state index is 11.3. The van der Waals surface area contributed by atoms with Crippen molar-refractivity contribution in [2.75, 3.05) is 23.1 Å². The summed E-state index contributed by atoms with van der Waals surface area (Å²) in [7, 11) is -3.03. The van der Waals surface area contributed by atoms with Crippen molar-refractivity contribution in [2.24, 2.45) is 0 Å². The van der Waals surface area contributed by atoms with Crippen molar-refractivity contribution in [2.45, 2.75) is 13.8 Å². The summed E-state index contributed by atoms with van der Waals surface area (Å²) in [5.41, 5.74) is 1.70. The lowest BCUT2D eigenvalue weighted by Gasteiger charge is -2.16. The first-order valence-corrected chi connectivity index (χ1v) is 7.00. The number of nitrogens with zero attached hydrogens (tertiary/aromatic N) is 1. The fourth-order valence-corrected chi connectivity index (χ4v) is 1.96. The van der Waals surface area contributed by atoms with Crippen molar-refractivity contribution >= 4 is 15.5 Å². The Labute approximate surface area is 96.4 Å². The highest BCUT2D eigenvalue weighted by Crippen LogP contribution is 2.12. The first-order chi connectivity index (χ1) is 7.44. The standard InChI is InChI=1S/C11H17NO3S/c1-3-16(14,15)9-8-12(13)11-6-4-10(2)5-7-11/h4-7,13H,3,8-9H2,1-2H3. The van der Waals surface area contributed by atoms with Crippen LogP contribution >= 0.6 is 0 Å². The minimum Gasteiger partial charge on any atom is -0.288 e. The molecule has 0 heterocycles. The third-order valence-electron chi connectivity index (χ3n) is 2.39. The van der Waals surface area contributed by atoms with E-state index in [1.807, 2.05) is 19.1 Å². The number of aryl methyl sites for hydroxylation is 1. The van der Waals surface area contributed by atoms with Crippen molar-refractivity contribution in [1.29, 1.82) is 0 Å². The number of rotatable bonds is 5. The molecule has 1 aromatic rings. The Morgan fingerprint density at radius 3 is 2.31 bits per heavy atom. The van der Waals surface area contributed by atoms with E-state index in [-0.39, 0.29) is 18.1 Å². The summed E-state index contributed by atoms with van der Waals surface area (Å²) in [6.45, 7) is 3.65. The van der Waals surface area contributed by atoms with Gasteiger partial charge < -0.3 is 0 Å². The summed E-state index contributed by atoms with van der Waals surface area (Å²) >= 11 is 0. The van der Waals surface area contributed by atoms with Gasteiger partial charge in [0.05, 0.1) is 18.0 Å². The van der Waals surface area contributed by atoms with E-state index >= 15 is 0 Å². The second-order valence-electron chi connectivity index (χ2n) is 3.70. The average Bonchev–Trinajstić information content (AvgIpc) is 2.27. The van der Waals surface area contributed by atoms with E-state index in [2.05, 4.69) is 0 Å². The van der Waals surface area contributed by atoms with Gasteiger partial charge in [0.25, 0.3) is 0 Å². The van der Waals surface area contributed by atoms with Crippen LogP contribution in [0, 0.1) is 6.92 Å². The van der Waals surface area contributed by atoms with Crippen LogP contribution in [0.1, 0.15) is 12.5 Å². The quantitative estimate of drug-likeness (QED) is 0.798. The van der Waals surface area contributed by atoms with Crippen molar-refractivity contribution in [3.05, 3.63) is 29.8 Å². The Kier molecular flexibility index (Phi) is 4.32. The highest BCUT2D eigenvalue weighted by Gasteiger charge is 2.10. The molecule has 0 saturated heterocycles. The fraction of sp³-hybridized carbons (Fsp3) is 0.455. The van der Waals surface area contributed by atoms with Gasteiger partial charge in [-0.1, -0.05) is 24.6 Å². The minimum absolute atomic E-state index is 0.0339. The largest absolute Gasteiger partial charge is 0.288 e. The Hall–Kier alpha value is -1.07. The van der Waals surface area contributed by atoms with Crippen molar-refractivity contribution in [1.82, 2.24) is 0 Å². The van der Waals surface area contributed by atoms with Gasteiger partial charge in [0, 0.05) is 5.75 Å². The van der Waals surface area contributed by atoms with Crippen LogP contribution in [-0.2, 0) is 9.84 Å². The van der Waals surface area contributed by atoms with E-state index in [0.717, 1.165) is 10.6 Å². The summed E-state index contributed by atoms with van der Waals surface area (Å²) in [6, 6.07) is 7.25. The third kappa shape index (κ3) is 3.83. The van der Waals surface area contributed by atoms with Crippen LogP contribution in [0.4, 0.5) is 5.69 Å². The predicted molar refractivity (Wildman–Crippen MR) is 64.6 cm³/mol. The van der Waals surface area contributed by atoms with E-state index in [1.165, 1.54) is 0 Å². The maximum absolute atomic E-state index is 11.3. The van der Waals surface area contributed by atoms with Crippen molar-refractivity contribution < 1.29 is 13.6 Å². The molecule has 16 heavy (non-hydrogen) atoms. The van der Waals surface area contributed by atoms with Crippen LogP contribution in [0.5, 0.6) is 0 Å². The summed E-state index contributed by atoms with van der Waals surface area (Å²) in [5, 5.41) is 10.6. The molecule has 1 N–H and O–H groups in total. The number of anilines is 1. The molecule has 0 aliphatic carbocycles. The van der Waals surface area contributed by atoms with Crippen LogP contribution in [0.2, 0.25) is 0 Å². The molecular weight excluding hydrogens is 226 g/mol. The Bertz CT molecular complexity index is 425. The summed E-state index contributed by atoms with van der Waals surface area (Å²) in [5.74, 6) is 0.0720. The van der Waals surface area contributed by atoms with Gasteiger partial charge in [-0.15, -0.1) is 0 Å². The summed E-state index contributed by atoms with van der Waals surface area (Å²) < 4.78 is 22.5. The molecule has 0 fully saturated rings. The zero-order valence-electron chi connectivity index (χ0n) is 9.55. The molecule has 0 radical (unpaired) electrons. The number of sulfone groups is 1. The first-order valence-electron chi connectivity index (χ1n) is 5.18. The Morgan fingerprint density at radius 2 is 1.81 bits per heavy atom. The zero-order valence-corrected chi connectivity index (χ0v) is 10.4. The SMILES string of the molecule is CCS(=O)(=O)CCN(O)c1ccc(C)cc1. The van der Waals surface area contributed by atoms with Gasteiger partial charge in [-0.05, 0) is 19.1 Å². The summed E-state index contributed by atoms with van der Waals surface area (Å²) in [4.78, 5) is 0. The van der Waals surface area contributed by atoms with Crippen LogP contribution in [0.3, 0.4) is 0 Å². The lowest BCUT2D eigenvalue weighted by atomic mass is 10.2. The molecule has 0 bridgehead atoms.